The molecule has 3 aromatic carbocycles. The van der Waals surface area contributed by atoms with E-state index in [0.717, 1.165) is 67.0 Å². The average Bonchev–Trinajstić information content (AvgIpc) is 3.06. The summed E-state index contributed by atoms with van der Waals surface area (Å²) < 4.78 is 17.7. The molecule has 1 aliphatic rings. The maximum Gasteiger partial charge on any atom is 0.421 e. The van der Waals surface area contributed by atoms with Gasteiger partial charge in [-0.05, 0) is 93.7 Å². The van der Waals surface area contributed by atoms with Crippen LogP contribution < -0.4 is 24.4 Å². The number of aromatic nitrogens is 2. The molecule has 1 aromatic heterocycles. The molecule has 254 valence electrons. The van der Waals surface area contributed by atoms with Crippen LogP contribution in [-0.4, -0.2) is 79.3 Å². The SMILES string of the molecule is COc1cc(Nc2nccc(N(Cc3cc(Cl)ccc3C)C(=O)Oc3c(C)cc(C)cc3C)n2)ccc1OCCCN1CCN(C)CC1. The summed E-state index contributed by atoms with van der Waals surface area (Å²) in [7, 11) is 3.78. The van der Waals surface area contributed by atoms with Gasteiger partial charge in [0.1, 0.15) is 11.6 Å². The fraction of sp³-hybridized carbons (Fsp3) is 0.378. The van der Waals surface area contributed by atoms with Crippen LogP contribution >= 0.6 is 11.6 Å². The van der Waals surface area contributed by atoms with Crippen LogP contribution in [0.15, 0.2) is 60.8 Å². The number of halogens is 1. The van der Waals surface area contributed by atoms with E-state index in [0.29, 0.717) is 46.3 Å². The minimum atomic E-state index is -0.565. The van der Waals surface area contributed by atoms with Gasteiger partial charge >= 0.3 is 6.09 Å². The van der Waals surface area contributed by atoms with Gasteiger partial charge in [0, 0.05) is 55.7 Å². The van der Waals surface area contributed by atoms with Crippen molar-refractivity contribution in [2.45, 2.75) is 40.7 Å². The number of amides is 1. The lowest BCUT2D eigenvalue weighted by molar-refractivity contribution is 0.145. The maximum absolute atomic E-state index is 13.9. The Balaban J connectivity index is 1.31. The van der Waals surface area contributed by atoms with Crippen LogP contribution in [-0.2, 0) is 6.54 Å². The fourth-order valence-electron chi connectivity index (χ4n) is 5.79. The minimum Gasteiger partial charge on any atom is -0.493 e. The van der Waals surface area contributed by atoms with Gasteiger partial charge in [0.05, 0.1) is 20.3 Å². The van der Waals surface area contributed by atoms with Gasteiger partial charge in [0.25, 0.3) is 0 Å². The van der Waals surface area contributed by atoms with Crippen LogP contribution in [0, 0.1) is 27.7 Å². The highest BCUT2D eigenvalue weighted by molar-refractivity contribution is 6.30. The lowest BCUT2D eigenvalue weighted by atomic mass is 10.1. The topological polar surface area (TPSA) is 92.3 Å². The normalized spacial score (nSPS) is 13.6. The number of benzene rings is 3. The quantitative estimate of drug-likeness (QED) is 0.155. The largest absolute Gasteiger partial charge is 0.493 e. The van der Waals surface area contributed by atoms with Crippen LogP contribution in [0.5, 0.6) is 17.2 Å². The molecule has 0 spiro atoms. The van der Waals surface area contributed by atoms with E-state index >= 15 is 0 Å². The van der Waals surface area contributed by atoms with Gasteiger partial charge in [-0.3, -0.25) is 4.90 Å². The summed E-state index contributed by atoms with van der Waals surface area (Å²) in [6.07, 6.45) is 1.97. The van der Waals surface area contributed by atoms with Crippen LogP contribution in [0.1, 0.15) is 34.2 Å². The molecule has 4 aromatic rings. The number of carbonyl (C=O) groups is 1. The van der Waals surface area contributed by atoms with Crippen LogP contribution in [0.4, 0.5) is 22.2 Å². The Hall–Kier alpha value is -4.38. The molecule has 0 saturated carbocycles. The standard InChI is InChI=1S/C37H45ClN6O4/c1-25-20-27(3)35(28(4)21-25)48-37(45)44(24-29-22-30(38)9-8-26(29)2)34-12-13-39-36(41-34)40-31-10-11-32(33(23-31)46-6)47-19-7-14-43-17-15-42(5)16-18-43/h8-13,20-23H,7,14-19,24H2,1-6H3,(H,39,40,41). The molecule has 1 amide bonds. The van der Waals surface area contributed by atoms with Crippen LogP contribution in [0.25, 0.3) is 0 Å². The Bertz CT molecular complexity index is 1700. The van der Waals surface area contributed by atoms with E-state index in [4.69, 9.17) is 30.8 Å². The number of likely N-dealkylation sites (N-methyl/N-ethyl adjacent to an activating group) is 1. The third-order valence-corrected chi connectivity index (χ3v) is 8.70. The Kier molecular flexibility index (Phi) is 11.8. The van der Waals surface area contributed by atoms with Gasteiger partial charge in [0.15, 0.2) is 11.5 Å². The van der Waals surface area contributed by atoms with Gasteiger partial charge in [-0.1, -0.05) is 35.4 Å². The summed E-state index contributed by atoms with van der Waals surface area (Å²) in [5, 5.41) is 3.82. The van der Waals surface area contributed by atoms with Crippen molar-refractivity contribution in [3.05, 3.63) is 93.6 Å². The zero-order chi connectivity index (χ0) is 34.2. The summed E-state index contributed by atoms with van der Waals surface area (Å²) in [6, 6.07) is 16.9. The second kappa shape index (κ2) is 16.1. The first-order valence-electron chi connectivity index (χ1n) is 16.2. The van der Waals surface area contributed by atoms with Crippen molar-refractivity contribution >= 4 is 35.1 Å². The molecular formula is C37H45ClN6O4. The molecule has 1 N–H and O–H groups in total. The first-order valence-corrected chi connectivity index (χ1v) is 16.6. The zero-order valence-corrected chi connectivity index (χ0v) is 29.4. The molecular weight excluding hydrogens is 628 g/mol. The van der Waals surface area contributed by atoms with Crippen molar-refractivity contribution in [1.29, 1.82) is 0 Å². The third-order valence-electron chi connectivity index (χ3n) is 8.46. The fourth-order valence-corrected chi connectivity index (χ4v) is 5.98. The molecule has 48 heavy (non-hydrogen) atoms. The Morgan fingerprint density at radius 3 is 2.42 bits per heavy atom. The lowest BCUT2D eigenvalue weighted by Crippen LogP contribution is -2.44. The molecule has 1 saturated heterocycles. The number of hydrogen-bond donors (Lipinski definition) is 1. The number of ether oxygens (including phenoxy) is 3. The number of piperazine rings is 1. The van der Waals surface area contributed by atoms with E-state index in [1.165, 1.54) is 4.90 Å². The number of anilines is 3. The molecule has 0 aliphatic carbocycles. The number of methoxy groups -OCH3 is 1. The molecule has 0 bridgehead atoms. The summed E-state index contributed by atoms with van der Waals surface area (Å²) in [5.41, 5.74) is 5.41. The van der Waals surface area contributed by atoms with E-state index in [2.05, 4.69) is 27.1 Å². The molecule has 0 unspecified atom stereocenters. The minimum absolute atomic E-state index is 0.195. The molecule has 0 radical (unpaired) electrons. The van der Waals surface area contributed by atoms with E-state index < -0.39 is 6.09 Å². The average molecular weight is 673 g/mol. The maximum atomic E-state index is 13.9. The first-order chi connectivity index (χ1) is 23.1. The predicted octanol–water partition coefficient (Wildman–Crippen LogP) is 7.34. The Labute approximate surface area is 288 Å². The van der Waals surface area contributed by atoms with Crippen molar-refractivity contribution < 1.29 is 19.0 Å². The summed E-state index contributed by atoms with van der Waals surface area (Å²) >= 11 is 6.34. The predicted molar refractivity (Wildman–Crippen MR) is 191 cm³/mol. The molecule has 1 fully saturated rings. The number of hydrogen-bond acceptors (Lipinski definition) is 9. The van der Waals surface area contributed by atoms with Crippen molar-refractivity contribution in [2.75, 3.05) is 63.7 Å². The number of carbonyl (C=O) groups excluding carboxylic acids is 1. The Morgan fingerprint density at radius 2 is 1.69 bits per heavy atom. The molecule has 1 aliphatic heterocycles. The van der Waals surface area contributed by atoms with E-state index in [1.54, 1.807) is 19.4 Å². The van der Waals surface area contributed by atoms with Crippen molar-refractivity contribution in [3.8, 4) is 17.2 Å². The van der Waals surface area contributed by atoms with Gasteiger partial charge in [-0.15, -0.1) is 0 Å². The van der Waals surface area contributed by atoms with E-state index in [1.807, 2.05) is 76.2 Å². The monoisotopic (exact) mass is 672 g/mol. The second-order valence-corrected chi connectivity index (χ2v) is 12.8. The van der Waals surface area contributed by atoms with E-state index in [9.17, 15) is 4.79 Å². The van der Waals surface area contributed by atoms with E-state index in [-0.39, 0.29) is 6.54 Å². The Morgan fingerprint density at radius 1 is 0.938 bits per heavy atom. The van der Waals surface area contributed by atoms with Gasteiger partial charge in [-0.2, -0.15) is 4.98 Å². The summed E-state index contributed by atoms with van der Waals surface area (Å²) in [6.45, 7) is 14.0. The highest BCUT2D eigenvalue weighted by atomic mass is 35.5. The van der Waals surface area contributed by atoms with Gasteiger partial charge in [-0.25, -0.2) is 9.78 Å². The number of aryl methyl sites for hydroxylation is 4. The third kappa shape index (κ3) is 9.15. The molecule has 10 nitrogen and oxygen atoms in total. The molecule has 0 atom stereocenters. The van der Waals surface area contributed by atoms with Crippen molar-refractivity contribution in [3.63, 3.8) is 0 Å². The highest BCUT2D eigenvalue weighted by Gasteiger charge is 2.23. The second-order valence-electron chi connectivity index (χ2n) is 12.3. The van der Waals surface area contributed by atoms with Crippen molar-refractivity contribution in [2.24, 2.45) is 0 Å². The zero-order valence-electron chi connectivity index (χ0n) is 28.7. The summed E-state index contributed by atoms with van der Waals surface area (Å²) in [5.74, 6) is 2.47. The molecule has 5 rings (SSSR count). The first kappa shape index (κ1) is 34.9. The van der Waals surface area contributed by atoms with Gasteiger partial charge in [0.2, 0.25) is 5.95 Å². The molecule has 2 heterocycles. The van der Waals surface area contributed by atoms with Crippen LogP contribution in [0.3, 0.4) is 0 Å². The van der Waals surface area contributed by atoms with Gasteiger partial charge < -0.3 is 29.3 Å². The number of nitrogens with zero attached hydrogens (tertiary/aromatic N) is 5. The lowest BCUT2D eigenvalue weighted by Gasteiger charge is -2.32. The summed E-state index contributed by atoms with van der Waals surface area (Å²) in [4.78, 5) is 29.3. The number of rotatable bonds is 12. The highest BCUT2D eigenvalue weighted by Crippen LogP contribution is 2.32. The van der Waals surface area contributed by atoms with Crippen LogP contribution in [0.2, 0.25) is 5.02 Å². The number of nitrogens with one attached hydrogen (secondary N) is 1. The van der Waals surface area contributed by atoms with Crippen molar-refractivity contribution in [1.82, 2.24) is 19.8 Å². The molecule has 11 heteroatoms. The smallest absolute Gasteiger partial charge is 0.421 e.